The Balaban J connectivity index is 1.82. The first-order chi connectivity index (χ1) is 15.7. The summed E-state index contributed by atoms with van der Waals surface area (Å²) in [6.45, 7) is 2.90. The van der Waals surface area contributed by atoms with Crippen molar-refractivity contribution in [2.75, 3.05) is 13.7 Å². The zero-order valence-electron chi connectivity index (χ0n) is 18.0. The first-order valence-corrected chi connectivity index (χ1v) is 11.4. The number of halogens is 1. The molecule has 2 amide bonds. The summed E-state index contributed by atoms with van der Waals surface area (Å²) in [5.74, 6) is -1.40. The lowest BCUT2D eigenvalue weighted by Crippen LogP contribution is -2.35. The van der Waals surface area contributed by atoms with Crippen molar-refractivity contribution in [3.63, 3.8) is 0 Å². The zero-order chi connectivity index (χ0) is 24.1. The molecular formula is C23H20BrNO7S. The Labute approximate surface area is 203 Å². The molecule has 10 heteroatoms. The van der Waals surface area contributed by atoms with Crippen molar-refractivity contribution in [2.24, 2.45) is 0 Å². The Morgan fingerprint density at radius 2 is 1.85 bits per heavy atom. The lowest BCUT2D eigenvalue weighted by Gasteiger charge is -2.13. The van der Waals surface area contributed by atoms with Crippen LogP contribution in [-0.4, -0.2) is 47.7 Å². The van der Waals surface area contributed by atoms with E-state index in [-0.39, 0.29) is 22.5 Å². The Morgan fingerprint density at radius 3 is 2.48 bits per heavy atom. The molecule has 0 saturated carbocycles. The minimum absolute atomic E-state index is 0.139. The second-order valence-corrected chi connectivity index (χ2v) is 8.94. The number of hydrogen-bond acceptors (Lipinski definition) is 8. The van der Waals surface area contributed by atoms with E-state index >= 15 is 0 Å². The predicted molar refractivity (Wildman–Crippen MR) is 126 cm³/mol. The summed E-state index contributed by atoms with van der Waals surface area (Å²) in [7, 11) is 1.42. The number of carbonyl (C=O) groups excluding carboxylic acids is 4. The fraction of sp³-hybridized carbons (Fsp3) is 0.217. The van der Waals surface area contributed by atoms with Crippen molar-refractivity contribution in [3.05, 3.63) is 63.0 Å². The van der Waals surface area contributed by atoms with Gasteiger partial charge in [-0.05, 0) is 77.4 Å². The van der Waals surface area contributed by atoms with Gasteiger partial charge in [0, 0.05) is 0 Å². The number of rotatable bonds is 7. The van der Waals surface area contributed by atoms with E-state index < -0.39 is 29.6 Å². The maximum Gasteiger partial charge on any atom is 0.343 e. The van der Waals surface area contributed by atoms with Crippen LogP contribution in [0.25, 0.3) is 6.08 Å². The average Bonchev–Trinajstić information content (AvgIpc) is 3.02. The summed E-state index contributed by atoms with van der Waals surface area (Å²) in [5, 5.41) is -0.564. The summed E-state index contributed by atoms with van der Waals surface area (Å²) < 4.78 is 16.3. The minimum atomic E-state index is -0.664. The van der Waals surface area contributed by atoms with E-state index in [4.69, 9.17) is 14.2 Å². The van der Waals surface area contributed by atoms with Gasteiger partial charge in [0.2, 0.25) is 0 Å². The molecule has 0 aliphatic carbocycles. The van der Waals surface area contributed by atoms with Crippen molar-refractivity contribution in [1.29, 1.82) is 0 Å². The van der Waals surface area contributed by atoms with Crippen LogP contribution >= 0.6 is 27.7 Å². The SMILES string of the molecule is COc1cc(/C=C2\SC(=O)N(CC(=O)OC(C)C)C2=O)cc(Br)c1OC(=O)c1ccccc1. The molecule has 0 radical (unpaired) electrons. The van der Waals surface area contributed by atoms with Gasteiger partial charge in [0.15, 0.2) is 11.5 Å². The molecule has 1 heterocycles. The molecule has 1 aliphatic rings. The average molecular weight is 534 g/mol. The van der Waals surface area contributed by atoms with Gasteiger partial charge in [-0.3, -0.25) is 19.3 Å². The van der Waals surface area contributed by atoms with E-state index in [0.717, 1.165) is 16.7 Å². The maximum atomic E-state index is 12.6. The molecule has 8 nitrogen and oxygen atoms in total. The van der Waals surface area contributed by atoms with E-state index in [1.807, 2.05) is 0 Å². The third-order valence-corrected chi connectivity index (χ3v) is 5.78. The van der Waals surface area contributed by atoms with Gasteiger partial charge in [0.05, 0.1) is 28.2 Å². The van der Waals surface area contributed by atoms with Crippen molar-refractivity contribution in [2.45, 2.75) is 20.0 Å². The number of carbonyl (C=O) groups is 4. The number of amides is 2. The Kier molecular flexibility index (Phi) is 7.93. The number of ether oxygens (including phenoxy) is 3. The molecule has 3 rings (SSSR count). The van der Waals surface area contributed by atoms with E-state index in [9.17, 15) is 19.2 Å². The predicted octanol–water partition coefficient (Wildman–Crippen LogP) is 4.66. The molecule has 0 unspecified atom stereocenters. The summed E-state index contributed by atoms with van der Waals surface area (Å²) in [6.07, 6.45) is 1.14. The zero-order valence-corrected chi connectivity index (χ0v) is 20.4. The molecule has 172 valence electrons. The van der Waals surface area contributed by atoms with E-state index in [0.29, 0.717) is 15.6 Å². The van der Waals surface area contributed by atoms with Gasteiger partial charge >= 0.3 is 11.9 Å². The first kappa shape index (κ1) is 24.5. The topological polar surface area (TPSA) is 99.2 Å². The molecule has 0 bridgehead atoms. The van der Waals surface area contributed by atoms with Crippen molar-refractivity contribution in [3.8, 4) is 11.5 Å². The van der Waals surface area contributed by atoms with Crippen LogP contribution in [0.15, 0.2) is 51.8 Å². The number of hydrogen-bond donors (Lipinski definition) is 0. The minimum Gasteiger partial charge on any atom is -0.493 e. The number of esters is 2. The number of imide groups is 1. The van der Waals surface area contributed by atoms with Gasteiger partial charge in [-0.15, -0.1) is 0 Å². The van der Waals surface area contributed by atoms with Gasteiger partial charge in [0.1, 0.15) is 6.54 Å². The van der Waals surface area contributed by atoms with Gasteiger partial charge in [0.25, 0.3) is 11.1 Å². The van der Waals surface area contributed by atoms with Crippen LogP contribution in [0.3, 0.4) is 0 Å². The summed E-state index contributed by atoms with van der Waals surface area (Å²) >= 11 is 4.09. The van der Waals surface area contributed by atoms with Crippen LogP contribution in [0.1, 0.15) is 29.8 Å². The Morgan fingerprint density at radius 1 is 1.15 bits per heavy atom. The number of methoxy groups -OCH3 is 1. The molecule has 2 aromatic rings. The fourth-order valence-corrected chi connectivity index (χ4v) is 4.24. The highest BCUT2D eigenvalue weighted by Gasteiger charge is 2.37. The normalized spacial score (nSPS) is 14.7. The lowest BCUT2D eigenvalue weighted by atomic mass is 10.1. The van der Waals surface area contributed by atoms with Crippen LogP contribution in [0.2, 0.25) is 0 Å². The van der Waals surface area contributed by atoms with Gasteiger partial charge < -0.3 is 14.2 Å². The smallest absolute Gasteiger partial charge is 0.343 e. The van der Waals surface area contributed by atoms with Crippen molar-refractivity contribution in [1.82, 2.24) is 4.90 Å². The standard InChI is InChI=1S/C23H20BrNO7S/c1-13(2)31-19(26)12-25-21(27)18(33-23(25)29)11-14-9-16(24)20(17(10-14)30-3)32-22(28)15-7-5-4-6-8-15/h4-11,13H,12H2,1-3H3/b18-11-. The van der Waals surface area contributed by atoms with Crippen LogP contribution in [0.5, 0.6) is 11.5 Å². The lowest BCUT2D eigenvalue weighted by molar-refractivity contribution is -0.149. The van der Waals surface area contributed by atoms with Crippen molar-refractivity contribution < 1.29 is 33.4 Å². The molecule has 0 spiro atoms. The Bertz CT molecular complexity index is 1130. The summed E-state index contributed by atoms with van der Waals surface area (Å²) in [4.78, 5) is 50.1. The fourth-order valence-electron chi connectivity index (χ4n) is 2.86. The van der Waals surface area contributed by atoms with Crippen LogP contribution in [0, 0.1) is 0 Å². The molecule has 0 N–H and O–H groups in total. The van der Waals surface area contributed by atoms with Crippen LogP contribution in [-0.2, 0) is 14.3 Å². The van der Waals surface area contributed by atoms with Crippen molar-refractivity contribution >= 4 is 56.9 Å². The molecule has 1 fully saturated rings. The highest BCUT2D eigenvalue weighted by Crippen LogP contribution is 2.39. The molecule has 0 atom stereocenters. The quantitative estimate of drug-likeness (QED) is 0.287. The van der Waals surface area contributed by atoms with Crippen LogP contribution in [0.4, 0.5) is 4.79 Å². The highest BCUT2D eigenvalue weighted by molar-refractivity contribution is 9.10. The number of benzene rings is 2. The molecule has 1 saturated heterocycles. The molecule has 1 aliphatic heterocycles. The molecule has 33 heavy (non-hydrogen) atoms. The van der Waals surface area contributed by atoms with E-state index in [1.165, 1.54) is 13.2 Å². The Hall–Kier alpha value is -3.11. The second-order valence-electron chi connectivity index (χ2n) is 7.10. The largest absolute Gasteiger partial charge is 0.493 e. The van der Waals surface area contributed by atoms with Crippen LogP contribution < -0.4 is 9.47 Å². The van der Waals surface area contributed by atoms with E-state index in [2.05, 4.69) is 15.9 Å². The van der Waals surface area contributed by atoms with Gasteiger partial charge in [-0.2, -0.15) is 0 Å². The maximum absolute atomic E-state index is 12.6. The number of nitrogens with zero attached hydrogens (tertiary/aromatic N) is 1. The summed E-state index contributed by atoms with van der Waals surface area (Å²) in [5.41, 5.74) is 0.897. The highest BCUT2D eigenvalue weighted by atomic mass is 79.9. The number of thioether (sulfide) groups is 1. The summed E-state index contributed by atoms with van der Waals surface area (Å²) in [6, 6.07) is 11.7. The third-order valence-electron chi connectivity index (χ3n) is 4.28. The first-order valence-electron chi connectivity index (χ1n) is 9.79. The van der Waals surface area contributed by atoms with Gasteiger partial charge in [-0.1, -0.05) is 18.2 Å². The molecular weight excluding hydrogens is 514 g/mol. The third kappa shape index (κ3) is 6.02. The second kappa shape index (κ2) is 10.7. The van der Waals surface area contributed by atoms with E-state index in [1.54, 1.807) is 56.3 Å². The van der Waals surface area contributed by atoms with Gasteiger partial charge in [-0.25, -0.2) is 4.79 Å². The molecule has 0 aromatic heterocycles. The molecule has 2 aromatic carbocycles. The monoisotopic (exact) mass is 533 g/mol.